The Hall–Kier alpha value is -2.86. The molecule has 0 spiro atoms. The smallest absolute Gasteiger partial charge is 0.240 e. The molecule has 1 atom stereocenters. The van der Waals surface area contributed by atoms with Crippen LogP contribution < -0.4 is 15.4 Å². The molecule has 1 aliphatic rings. The molecule has 0 bridgehead atoms. The van der Waals surface area contributed by atoms with Gasteiger partial charge in [-0.2, -0.15) is 0 Å². The molecule has 1 aliphatic heterocycles. The van der Waals surface area contributed by atoms with Crippen molar-refractivity contribution in [3.05, 3.63) is 60.2 Å². The quantitative estimate of drug-likeness (QED) is 0.737. The van der Waals surface area contributed by atoms with Gasteiger partial charge in [0.25, 0.3) is 0 Å². The van der Waals surface area contributed by atoms with Crippen LogP contribution in [0.5, 0.6) is 5.75 Å². The van der Waals surface area contributed by atoms with E-state index < -0.39 is 6.04 Å². The van der Waals surface area contributed by atoms with Crippen molar-refractivity contribution in [2.45, 2.75) is 25.3 Å². The molecule has 0 saturated carbocycles. The van der Waals surface area contributed by atoms with Crippen LogP contribution in [0.4, 0.5) is 5.69 Å². The highest BCUT2D eigenvalue weighted by molar-refractivity contribution is 5.95. The lowest BCUT2D eigenvalue weighted by atomic mass is 10.1. The highest BCUT2D eigenvalue weighted by atomic mass is 16.5. The van der Waals surface area contributed by atoms with Crippen LogP contribution in [0.1, 0.15) is 18.4 Å². The van der Waals surface area contributed by atoms with Crippen molar-refractivity contribution in [2.75, 3.05) is 32.1 Å². The van der Waals surface area contributed by atoms with E-state index in [1.807, 2.05) is 23.1 Å². The Morgan fingerprint density at radius 3 is 2.64 bits per heavy atom. The van der Waals surface area contributed by atoms with Crippen molar-refractivity contribution >= 4 is 17.5 Å². The van der Waals surface area contributed by atoms with Crippen LogP contribution in [0.15, 0.2) is 54.6 Å². The fourth-order valence-corrected chi connectivity index (χ4v) is 3.36. The summed E-state index contributed by atoms with van der Waals surface area (Å²) in [5.74, 6) is 0.555. The predicted octanol–water partition coefficient (Wildman–Crippen LogP) is 2.46. The van der Waals surface area contributed by atoms with E-state index in [0.717, 1.165) is 18.6 Å². The summed E-state index contributed by atoms with van der Waals surface area (Å²) in [5.41, 5.74) is 1.97. The maximum absolute atomic E-state index is 12.7. The van der Waals surface area contributed by atoms with Crippen LogP contribution >= 0.6 is 0 Å². The summed E-state index contributed by atoms with van der Waals surface area (Å²) in [6.45, 7) is 2.10. The molecule has 2 N–H and O–H groups in total. The van der Waals surface area contributed by atoms with Gasteiger partial charge >= 0.3 is 0 Å². The predicted molar refractivity (Wildman–Crippen MR) is 109 cm³/mol. The molecule has 0 aliphatic carbocycles. The summed E-state index contributed by atoms with van der Waals surface area (Å²) < 4.78 is 5.11. The lowest BCUT2D eigenvalue weighted by Gasteiger charge is -2.33. The van der Waals surface area contributed by atoms with E-state index in [4.69, 9.17) is 4.74 Å². The maximum atomic E-state index is 12.7. The average Bonchev–Trinajstić information content (AvgIpc) is 2.72. The minimum atomic E-state index is -0.469. The first-order chi connectivity index (χ1) is 13.7. The Labute approximate surface area is 165 Å². The Balaban J connectivity index is 1.46. The molecule has 1 fully saturated rings. The number of aryl methyl sites for hydroxylation is 1. The lowest BCUT2D eigenvalue weighted by Crippen LogP contribution is -2.56. The summed E-state index contributed by atoms with van der Waals surface area (Å²) in [7, 11) is 1.60. The van der Waals surface area contributed by atoms with E-state index >= 15 is 0 Å². The molecule has 1 heterocycles. The van der Waals surface area contributed by atoms with Crippen LogP contribution in [-0.4, -0.2) is 49.5 Å². The van der Waals surface area contributed by atoms with Gasteiger partial charge in [-0.05, 0) is 42.7 Å². The third-order valence-electron chi connectivity index (χ3n) is 4.88. The molecule has 0 radical (unpaired) electrons. The number of piperazine rings is 1. The van der Waals surface area contributed by atoms with E-state index in [1.165, 1.54) is 5.56 Å². The second-order valence-corrected chi connectivity index (χ2v) is 6.90. The molecule has 2 aromatic rings. The standard InChI is InChI=1S/C22H27N3O3/c1-28-19-11-9-18(10-12-19)24-21(26)16-20-22(27)25(15-13-23-20)14-5-8-17-6-3-2-4-7-17/h2-4,6-7,9-12,20,23H,5,8,13-16H2,1H3,(H,24,26). The molecular formula is C22H27N3O3. The summed E-state index contributed by atoms with van der Waals surface area (Å²) in [4.78, 5) is 26.9. The Kier molecular flexibility index (Phi) is 7.03. The van der Waals surface area contributed by atoms with Crippen molar-refractivity contribution in [3.63, 3.8) is 0 Å². The van der Waals surface area contributed by atoms with Crippen LogP contribution in [-0.2, 0) is 16.0 Å². The largest absolute Gasteiger partial charge is 0.497 e. The van der Waals surface area contributed by atoms with E-state index in [1.54, 1.807) is 31.4 Å². The van der Waals surface area contributed by atoms with Gasteiger partial charge in [0, 0.05) is 25.3 Å². The molecule has 0 aromatic heterocycles. The van der Waals surface area contributed by atoms with Crippen molar-refractivity contribution in [1.29, 1.82) is 0 Å². The molecule has 2 aromatic carbocycles. The summed E-state index contributed by atoms with van der Waals surface area (Å²) in [6, 6.07) is 16.9. The van der Waals surface area contributed by atoms with E-state index in [0.29, 0.717) is 25.3 Å². The van der Waals surface area contributed by atoms with Crippen molar-refractivity contribution < 1.29 is 14.3 Å². The van der Waals surface area contributed by atoms with Gasteiger partial charge in [0.05, 0.1) is 19.6 Å². The van der Waals surface area contributed by atoms with Crippen LogP contribution in [0.3, 0.4) is 0 Å². The zero-order chi connectivity index (χ0) is 19.8. The van der Waals surface area contributed by atoms with Crippen molar-refractivity contribution in [3.8, 4) is 5.75 Å². The van der Waals surface area contributed by atoms with Gasteiger partial charge in [-0.15, -0.1) is 0 Å². The topological polar surface area (TPSA) is 70.7 Å². The second-order valence-electron chi connectivity index (χ2n) is 6.90. The van der Waals surface area contributed by atoms with Crippen molar-refractivity contribution in [1.82, 2.24) is 10.2 Å². The molecule has 2 amide bonds. The number of nitrogens with one attached hydrogen (secondary N) is 2. The highest BCUT2D eigenvalue weighted by Crippen LogP contribution is 2.16. The van der Waals surface area contributed by atoms with E-state index in [2.05, 4.69) is 22.8 Å². The van der Waals surface area contributed by atoms with E-state index in [-0.39, 0.29) is 18.2 Å². The van der Waals surface area contributed by atoms with Gasteiger partial charge in [-0.25, -0.2) is 0 Å². The Morgan fingerprint density at radius 1 is 1.18 bits per heavy atom. The molecule has 6 heteroatoms. The average molecular weight is 381 g/mol. The molecule has 1 saturated heterocycles. The number of hydrogen-bond acceptors (Lipinski definition) is 4. The molecule has 148 valence electrons. The Morgan fingerprint density at radius 2 is 1.93 bits per heavy atom. The normalized spacial score (nSPS) is 16.7. The molecule has 1 unspecified atom stereocenters. The molecule has 6 nitrogen and oxygen atoms in total. The third-order valence-corrected chi connectivity index (χ3v) is 4.88. The lowest BCUT2D eigenvalue weighted by molar-refractivity contribution is -0.137. The zero-order valence-corrected chi connectivity index (χ0v) is 16.2. The number of carbonyl (C=O) groups excluding carboxylic acids is 2. The monoisotopic (exact) mass is 381 g/mol. The van der Waals surface area contributed by atoms with Gasteiger partial charge in [-0.1, -0.05) is 30.3 Å². The summed E-state index contributed by atoms with van der Waals surface area (Å²) >= 11 is 0. The zero-order valence-electron chi connectivity index (χ0n) is 16.2. The summed E-state index contributed by atoms with van der Waals surface area (Å²) in [5, 5.41) is 6.01. The number of carbonyl (C=O) groups is 2. The fourth-order valence-electron chi connectivity index (χ4n) is 3.36. The van der Waals surface area contributed by atoms with Crippen molar-refractivity contribution in [2.24, 2.45) is 0 Å². The molecular weight excluding hydrogens is 354 g/mol. The number of ether oxygens (including phenoxy) is 1. The second kappa shape index (κ2) is 9.90. The minimum Gasteiger partial charge on any atom is -0.497 e. The Bertz CT molecular complexity index is 777. The van der Waals surface area contributed by atoms with Gasteiger partial charge in [-0.3, -0.25) is 9.59 Å². The maximum Gasteiger partial charge on any atom is 0.240 e. The number of nitrogens with zero attached hydrogens (tertiary/aromatic N) is 1. The van der Waals surface area contributed by atoms with Gasteiger partial charge < -0.3 is 20.3 Å². The number of rotatable bonds is 8. The number of methoxy groups -OCH3 is 1. The van der Waals surface area contributed by atoms with Gasteiger partial charge in [0.15, 0.2) is 0 Å². The number of benzene rings is 2. The number of hydrogen-bond donors (Lipinski definition) is 2. The highest BCUT2D eigenvalue weighted by Gasteiger charge is 2.29. The van der Waals surface area contributed by atoms with Crippen LogP contribution in [0.2, 0.25) is 0 Å². The van der Waals surface area contributed by atoms with Crippen LogP contribution in [0.25, 0.3) is 0 Å². The first-order valence-electron chi connectivity index (χ1n) is 9.65. The number of amides is 2. The molecule has 28 heavy (non-hydrogen) atoms. The fraction of sp³-hybridized carbons (Fsp3) is 0.364. The third kappa shape index (κ3) is 5.57. The minimum absolute atomic E-state index is 0.00388. The van der Waals surface area contributed by atoms with E-state index in [9.17, 15) is 9.59 Å². The van der Waals surface area contributed by atoms with Gasteiger partial charge in [0.2, 0.25) is 11.8 Å². The number of anilines is 1. The summed E-state index contributed by atoms with van der Waals surface area (Å²) in [6.07, 6.45) is 1.99. The first-order valence-corrected chi connectivity index (χ1v) is 9.65. The molecule has 3 rings (SSSR count). The first kappa shape index (κ1) is 19.9. The van der Waals surface area contributed by atoms with Crippen LogP contribution in [0, 0.1) is 0 Å². The van der Waals surface area contributed by atoms with Gasteiger partial charge in [0.1, 0.15) is 5.75 Å². The SMILES string of the molecule is COc1ccc(NC(=O)CC2NCCN(CCCc3ccccc3)C2=O)cc1.